The molecule has 1 aliphatic rings. The molecule has 2 amide bonds. The Balaban J connectivity index is 1.45. The number of benzene rings is 1. The van der Waals surface area contributed by atoms with Crippen LogP contribution in [0, 0.1) is 5.92 Å². The van der Waals surface area contributed by atoms with Crippen molar-refractivity contribution in [2.45, 2.75) is 19.8 Å². The molecule has 0 saturated carbocycles. The summed E-state index contributed by atoms with van der Waals surface area (Å²) in [5, 5.41) is 5.78. The van der Waals surface area contributed by atoms with Crippen LogP contribution in [0.3, 0.4) is 0 Å². The van der Waals surface area contributed by atoms with E-state index in [2.05, 4.69) is 36.4 Å². The minimum atomic E-state index is -0.0842. The standard InChI is InChI=1S/C21H25BrN4O3/c1-2-29-18-6-4-3-5-17(18)24-20(27)14-26-11-9-15(10-12-26)21(28)25-19-8-7-16(22)13-23-19/h3-8,13,15H,2,9-12,14H2,1H3,(H,24,27)(H,23,25,28). The number of amides is 2. The summed E-state index contributed by atoms with van der Waals surface area (Å²) >= 11 is 3.33. The zero-order chi connectivity index (χ0) is 20.6. The van der Waals surface area contributed by atoms with Gasteiger partial charge < -0.3 is 15.4 Å². The first-order valence-electron chi connectivity index (χ1n) is 9.71. The Labute approximate surface area is 179 Å². The third-order valence-corrected chi connectivity index (χ3v) is 5.23. The van der Waals surface area contributed by atoms with Crippen LogP contribution in [0.5, 0.6) is 5.75 Å². The van der Waals surface area contributed by atoms with Gasteiger partial charge in [0.1, 0.15) is 11.6 Å². The average molecular weight is 461 g/mol. The van der Waals surface area contributed by atoms with Gasteiger partial charge in [-0.1, -0.05) is 12.1 Å². The van der Waals surface area contributed by atoms with Crippen molar-refractivity contribution in [3.8, 4) is 5.75 Å². The molecular weight excluding hydrogens is 436 g/mol. The summed E-state index contributed by atoms with van der Waals surface area (Å²) in [7, 11) is 0. The zero-order valence-corrected chi connectivity index (χ0v) is 17.9. The van der Waals surface area contributed by atoms with Gasteiger partial charge in [0.2, 0.25) is 11.8 Å². The minimum absolute atomic E-state index is 0.0189. The van der Waals surface area contributed by atoms with Crippen LogP contribution in [0.4, 0.5) is 11.5 Å². The summed E-state index contributed by atoms with van der Waals surface area (Å²) in [6.07, 6.45) is 3.08. The Kier molecular flexibility index (Phi) is 7.60. The Morgan fingerprint density at radius 2 is 1.93 bits per heavy atom. The predicted octanol–water partition coefficient (Wildman–Crippen LogP) is 3.53. The van der Waals surface area contributed by atoms with Crippen molar-refractivity contribution >= 4 is 39.2 Å². The van der Waals surface area contributed by atoms with Crippen LogP contribution in [0.25, 0.3) is 0 Å². The van der Waals surface area contributed by atoms with E-state index in [1.807, 2.05) is 37.3 Å². The molecule has 3 rings (SSSR count). The SMILES string of the molecule is CCOc1ccccc1NC(=O)CN1CCC(C(=O)Nc2ccc(Br)cn2)CC1. The number of nitrogens with one attached hydrogen (secondary N) is 2. The summed E-state index contributed by atoms with van der Waals surface area (Å²) in [6, 6.07) is 11.0. The third-order valence-electron chi connectivity index (χ3n) is 4.77. The van der Waals surface area contributed by atoms with Crippen LogP contribution in [-0.2, 0) is 9.59 Å². The maximum atomic E-state index is 12.4. The van der Waals surface area contributed by atoms with Gasteiger partial charge >= 0.3 is 0 Å². The molecule has 0 radical (unpaired) electrons. The molecule has 0 spiro atoms. The molecule has 0 atom stereocenters. The van der Waals surface area contributed by atoms with Gasteiger partial charge in [0.05, 0.1) is 18.8 Å². The molecule has 1 saturated heterocycles. The summed E-state index contributed by atoms with van der Waals surface area (Å²) in [5.74, 6) is 1.04. The van der Waals surface area contributed by atoms with Crippen molar-refractivity contribution in [2.75, 3.05) is 36.9 Å². The van der Waals surface area contributed by atoms with E-state index in [4.69, 9.17) is 4.74 Å². The summed E-state index contributed by atoms with van der Waals surface area (Å²) < 4.78 is 6.41. The lowest BCUT2D eigenvalue weighted by Gasteiger charge is -2.30. The Bertz CT molecular complexity index is 836. The van der Waals surface area contributed by atoms with Crippen molar-refractivity contribution in [3.05, 3.63) is 47.1 Å². The van der Waals surface area contributed by atoms with Crippen molar-refractivity contribution in [3.63, 3.8) is 0 Å². The molecule has 7 nitrogen and oxygen atoms in total. The number of hydrogen-bond donors (Lipinski definition) is 2. The second kappa shape index (κ2) is 10.4. The fourth-order valence-electron chi connectivity index (χ4n) is 3.28. The first-order valence-corrected chi connectivity index (χ1v) is 10.5. The molecule has 1 aliphatic heterocycles. The van der Waals surface area contributed by atoms with Crippen LogP contribution in [0.2, 0.25) is 0 Å². The monoisotopic (exact) mass is 460 g/mol. The maximum Gasteiger partial charge on any atom is 0.238 e. The second-order valence-electron chi connectivity index (χ2n) is 6.88. The van der Waals surface area contributed by atoms with Gasteiger partial charge in [-0.25, -0.2) is 4.98 Å². The highest BCUT2D eigenvalue weighted by Crippen LogP contribution is 2.24. The quantitative estimate of drug-likeness (QED) is 0.659. The number of para-hydroxylation sites is 2. The van der Waals surface area contributed by atoms with Gasteiger partial charge in [-0.15, -0.1) is 0 Å². The predicted molar refractivity (Wildman–Crippen MR) is 116 cm³/mol. The molecule has 0 unspecified atom stereocenters. The number of rotatable bonds is 7. The topological polar surface area (TPSA) is 83.6 Å². The lowest BCUT2D eigenvalue weighted by Crippen LogP contribution is -2.41. The van der Waals surface area contributed by atoms with Gasteiger partial charge in [-0.3, -0.25) is 14.5 Å². The van der Waals surface area contributed by atoms with Crippen molar-refractivity contribution in [1.82, 2.24) is 9.88 Å². The smallest absolute Gasteiger partial charge is 0.238 e. The number of carbonyl (C=O) groups excluding carboxylic acids is 2. The Morgan fingerprint density at radius 3 is 2.62 bits per heavy atom. The van der Waals surface area contributed by atoms with Gasteiger partial charge in [-0.05, 0) is 73.1 Å². The first kappa shape index (κ1) is 21.3. The molecule has 2 N–H and O–H groups in total. The molecule has 0 bridgehead atoms. The largest absolute Gasteiger partial charge is 0.492 e. The fraction of sp³-hybridized carbons (Fsp3) is 0.381. The number of anilines is 2. The van der Waals surface area contributed by atoms with Crippen LogP contribution in [-0.4, -0.2) is 47.9 Å². The van der Waals surface area contributed by atoms with Crippen molar-refractivity contribution < 1.29 is 14.3 Å². The number of aromatic nitrogens is 1. The Morgan fingerprint density at radius 1 is 1.17 bits per heavy atom. The highest BCUT2D eigenvalue weighted by Gasteiger charge is 2.26. The number of hydrogen-bond acceptors (Lipinski definition) is 5. The lowest BCUT2D eigenvalue weighted by atomic mass is 9.96. The van der Waals surface area contributed by atoms with E-state index < -0.39 is 0 Å². The van der Waals surface area contributed by atoms with E-state index in [0.29, 0.717) is 56.3 Å². The van der Waals surface area contributed by atoms with Crippen LogP contribution in [0.1, 0.15) is 19.8 Å². The third kappa shape index (κ3) is 6.27. The van der Waals surface area contributed by atoms with Gasteiger partial charge in [-0.2, -0.15) is 0 Å². The van der Waals surface area contributed by atoms with Crippen molar-refractivity contribution in [1.29, 1.82) is 0 Å². The number of pyridine rings is 1. The fourth-order valence-corrected chi connectivity index (χ4v) is 3.51. The summed E-state index contributed by atoms with van der Waals surface area (Å²) in [5.41, 5.74) is 0.676. The van der Waals surface area contributed by atoms with Gasteiger partial charge in [0.25, 0.3) is 0 Å². The van der Waals surface area contributed by atoms with E-state index >= 15 is 0 Å². The molecule has 29 heavy (non-hydrogen) atoms. The van der Waals surface area contributed by atoms with Crippen LogP contribution in [0.15, 0.2) is 47.1 Å². The molecule has 154 valence electrons. The first-order chi connectivity index (χ1) is 14.0. The van der Waals surface area contributed by atoms with Crippen LogP contribution < -0.4 is 15.4 Å². The van der Waals surface area contributed by atoms with E-state index in [1.165, 1.54) is 0 Å². The van der Waals surface area contributed by atoms with E-state index in [9.17, 15) is 9.59 Å². The molecule has 0 aliphatic carbocycles. The number of likely N-dealkylation sites (tertiary alicyclic amines) is 1. The minimum Gasteiger partial charge on any atom is -0.492 e. The molecule has 1 aromatic heterocycles. The Hall–Kier alpha value is -2.45. The number of piperidine rings is 1. The van der Waals surface area contributed by atoms with E-state index in [-0.39, 0.29) is 17.7 Å². The maximum absolute atomic E-state index is 12.4. The number of nitrogens with zero attached hydrogens (tertiary/aromatic N) is 2. The summed E-state index contributed by atoms with van der Waals surface area (Å²) in [6.45, 7) is 4.14. The van der Waals surface area contributed by atoms with E-state index in [1.54, 1.807) is 12.3 Å². The molecule has 8 heteroatoms. The zero-order valence-electron chi connectivity index (χ0n) is 16.4. The van der Waals surface area contributed by atoms with E-state index in [0.717, 1.165) is 4.47 Å². The van der Waals surface area contributed by atoms with Gasteiger partial charge in [0.15, 0.2) is 0 Å². The molecule has 2 heterocycles. The molecule has 1 aromatic carbocycles. The summed E-state index contributed by atoms with van der Waals surface area (Å²) in [4.78, 5) is 31.1. The van der Waals surface area contributed by atoms with Gasteiger partial charge in [0, 0.05) is 16.6 Å². The molecule has 1 fully saturated rings. The number of carbonyl (C=O) groups is 2. The highest BCUT2D eigenvalue weighted by atomic mass is 79.9. The number of ether oxygens (including phenoxy) is 1. The molecule has 2 aromatic rings. The highest BCUT2D eigenvalue weighted by molar-refractivity contribution is 9.10. The normalized spacial score (nSPS) is 15.0. The average Bonchev–Trinajstić information content (AvgIpc) is 2.72. The lowest BCUT2D eigenvalue weighted by molar-refractivity contribution is -0.121. The van der Waals surface area contributed by atoms with Crippen LogP contribution >= 0.6 is 15.9 Å². The van der Waals surface area contributed by atoms with Crippen molar-refractivity contribution in [2.24, 2.45) is 5.92 Å². The number of halogens is 1. The molecular formula is C21H25BrN4O3. The second-order valence-corrected chi connectivity index (χ2v) is 7.79.